The molecule has 1 aromatic rings. The van der Waals surface area contributed by atoms with Gasteiger partial charge in [-0.05, 0) is 43.4 Å². The number of hydrogen-bond acceptors (Lipinski definition) is 4. The molecule has 1 heterocycles. The third-order valence-corrected chi connectivity index (χ3v) is 8.74. The van der Waals surface area contributed by atoms with Gasteiger partial charge in [0.2, 0.25) is 11.5 Å². The van der Waals surface area contributed by atoms with Crippen LogP contribution < -0.4 is 5.32 Å². The first-order valence-electron chi connectivity index (χ1n) is 9.95. The lowest BCUT2D eigenvalue weighted by molar-refractivity contribution is -0.142. The van der Waals surface area contributed by atoms with E-state index in [1.165, 1.54) is 18.2 Å². The number of carbonyl (C=O) groups is 1. The molecule has 0 bridgehead atoms. The Morgan fingerprint density at radius 1 is 1.33 bits per heavy atom. The quantitative estimate of drug-likeness (QED) is 0.433. The molecule has 3 atom stereocenters. The number of amides is 1. The summed E-state index contributed by atoms with van der Waals surface area (Å²) in [7, 11) is -6.83. The summed E-state index contributed by atoms with van der Waals surface area (Å²) in [6.07, 6.45) is 0.259. The lowest BCUT2D eigenvalue weighted by atomic mass is 9.81. The molecule has 1 fully saturated rings. The summed E-state index contributed by atoms with van der Waals surface area (Å²) in [5, 5.41) is 2.68. The van der Waals surface area contributed by atoms with E-state index in [2.05, 4.69) is 5.32 Å². The minimum atomic E-state index is -3.84. The van der Waals surface area contributed by atoms with Crippen LogP contribution in [0, 0.1) is 11.2 Å². The normalized spacial score (nSPS) is 24.0. The summed E-state index contributed by atoms with van der Waals surface area (Å²) in [6, 6.07) is 4.85. The van der Waals surface area contributed by atoms with Crippen molar-refractivity contribution >= 4 is 24.1 Å². The van der Waals surface area contributed by atoms with Crippen LogP contribution in [0.2, 0.25) is 19.6 Å². The highest BCUT2D eigenvalue weighted by atomic mass is 32.2. The van der Waals surface area contributed by atoms with Gasteiger partial charge in [0.15, 0.2) is 0 Å². The average molecular weight is 466 g/mol. The Kier molecular flexibility index (Phi) is 7.15. The number of carbonyl (C=O) groups excluding carboxylic acids is 1. The Balaban J connectivity index is 2.22. The summed E-state index contributed by atoms with van der Waals surface area (Å²) in [6.45, 7) is 6.24. The molecule has 0 spiro atoms. The van der Waals surface area contributed by atoms with Gasteiger partial charge in [0.1, 0.15) is 25.4 Å². The molecule has 2 rings (SSSR count). The molecule has 1 N–H and O–H groups in total. The van der Waals surface area contributed by atoms with E-state index in [1.807, 2.05) is 0 Å². The number of hydrogen-bond donors (Lipinski definition) is 1. The Bertz CT molecular complexity index is 888. The fourth-order valence-corrected chi connectivity index (χ4v) is 6.58. The largest absolute Gasteiger partial charge is 0.353 e. The Morgan fingerprint density at radius 3 is 2.47 bits per heavy atom. The van der Waals surface area contributed by atoms with E-state index < -0.39 is 53.0 Å². The summed E-state index contributed by atoms with van der Waals surface area (Å²) in [5.41, 5.74) is -4.54. The Morgan fingerprint density at radius 2 is 1.97 bits per heavy atom. The standard InChI is InChI=1S/C20H30F3NO4SSi/c1-6-19(20(22,23)30(3,4)5)13-16(24-18(19)25)10-11-17(28-29(2,26)27)14-8-7-9-15(21)12-14/h7-9,12,16-17H,6,10-11,13H2,1-5H3,(H,24,25)/t16-,17?,19?/m1/s1. The molecule has 1 amide bonds. The van der Waals surface area contributed by atoms with Gasteiger partial charge in [0, 0.05) is 6.04 Å². The van der Waals surface area contributed by atoms with Crippen LogP contribution in [0.15, 0.2) is 24.3 Å². The van der Waals surface area contributed by atoms with Crippen LogP contribution in [-0.2, 0) is 19.1 Å². The van der Waals surface area contributed by atoms with E-state index in [4.69, 9.17) is 4.18 Å². The van der Waals surface area contributed by atoms with Gasteiger partial charge in [-0.15, -0.1) is 0 Å². The molecule has 5 nitrogen and oxygen atoms in total. The topological polar surface area (TPSA) is 72.5 Å². The van der Waals surface area contributed by atoms with Crippen molar-refractivity contribution in [2.45, 2.75) is 69.9 Å². The molecule has 0 radical (unpaired) electrons. The van der Waals surface area contributed by atoms with E-state index in [1.54, 1.807) is 32.6 Å². The second-order valence-corrected chi connectivity index (χ2v) is 15.8. The zero-order chi connectivity index (χ0) is 23.0. The lowest BCUT2D eigenvalue weighted by Gasteiger charge is -2.41. The number of rotatable bonds is 9. The van der Waals surface area contributed by atoms with Gasteiger partial charge in [0.05, 0.1) is 6.26 Å². The summed E-state index contributed by atoms with van der Waals surface area (Å²) >= 11 is 0. The SMILES string of the molecule is CCC1(C(F)(F)[Si](C)(C)C)C[C@@H](CCC(OS(C)(=O)=O)c2cccc(F)c2)NC1=O. The van der Waals surface area contributed by atoms with Crippen molar-refractivity contribution in [3.8, 4) is 0 Å². The number of benzene rings is 1. The second kappa shape index (κ2) is 8.62. The van der Waals surface area contributed by atoms with E-state index >= 15 is 8.78 Å². The van der Waals surface area contributed by atoms with Gasteiger partial charge in [-0.25, -0.2) is 13.2 Å². The van der Waals surface area contributed by atoms with Crippen molar-refractivity contribution < 1.29 is 30.6 Å². The molecule has 170 valence electrons. The van der Waals surface area contributed by atoms with Crippen molar-refractivity contribution in [2.24, 2.45) is 5.41 Å². The first-order chi connectivity index (χ1) is 13.6. The maximum absolute atomic E-state index is 15.3. The summed E-state index contributed by atoms with van der Waals surface area (Å²) in [4.78, 5) is 12.7. The van der Waals surface area contributed by atoms with Gasteiger partial charge < -0.3 is 5.32 Å². The van der Waals surface area contributed by atoms with Crippen molar-refractivity contribution in [1.82, 2.24) is 5.32 Å². The van der Waals surface area contributed by atoms with Gasteiger partial charge in [-0.1, -0.05) is 38.7 Å². The Labute approximate surface area is 177 Å². The van der Waals surface area contributed by atoms with Crippen LogP contribution >= 0.6 is 0 Å². The highest BCUT2D eigenvalue weighted by Crippen LogP contribution is 2.52. The molecule has 0 saturated carbocycles. The minimum absolute atomic E-state index is 0.0137. The fourth-order valence-electron chi connectivity index (χ4n) is 4.12. The molecular weight excluding hydrogens is 435 g/mol. The fraction of sp³-hybridized carbons (Fsp3) is 0.650. The molecule has 30 heavy (non-hydrogen) atoms. The molecule has 0 aromatic heterocycles. The molecule has 0 aliphatic carbocycles. The smallest absolute Gasteiger partial charge is 0.264 e. The van der Waals surface area contributed by atoms with Crippen molar-refractivity contribution in [1.29, 1.82) is 0 Å². The molecule has 1 saturated heterocycles. The van der Waals surface area contributed by atoms with Crippen molar-refractivity contribution in [3.63, 3.8) is 0 Å². The van der Waals surface area contributed by atoms with Crippen LogP contribution in [0.5, 0.6) is 0 Å². The first kappa shape index (κ1) is 24.9. The van der Waals surface area contributed by atoms with E-state index in [9.17, 15) is 17.6 Å². The van der Waals surface area contributed by atoms with Crippen LogP contribution in [-0.4, -0.2) is 40.2 Å². The number of halogens is 3. The van der Waals surface area contributed by atoms with Gasteiger partial charge >= 0.3 is 0 Å². The van der Waals surface area contributed by atoms with Crippen LogP contribution in [0.4, 0.5) is 13.2 Å². The summed E-state index contributed by atoms with van der Waals surface area (Å²) in [5.74, 6) is -1.20. The van der Waals surface area contributed by atoms with Crippen LogP contribution in [0.1, 0.15) is 44.3 Å². The predicted molar refractivity (Wildman–Crippen MR) is 112 cm³/mol. The monoisotopic (exact) mass is 465 g/mol. The van der Waals surface area contributed by atoms with Crippen molar-refractivity contribution in [3.05, 3.63) is 35.6 Å². The van der Waals surface area contributed by atoms with E-state index in [0.29, 0.717) is 5.56 Å². The maximum Gasteiger partial charge on any atom is 0.264 e. The average Bonchev–Trinajstić information content (AvgIpc) is 2.94. The molecule has 1 aliphatic rings. The summed E-state index contributed by atoms with van der Waals surface area (Å²) < 4.78 is 72.6. The van der Waals surface area contributed by atoms with E-state index in [0.717, 1.165) is 6.26 Å². The maximum atomic E-state index is 15.3. The van der Waals surface area contributed by atoms with Gasteiger partial charge in [-0.2, -0.15) is 8.42 Å². The van der Waals surface area contributed by atoms with Crippen molar-refractivity contribution in [2.75, 3.05) is 6.26 Å². The second-order valence-electron chi connectivity index (χ2n) is 9.06. The zero-order valence-electron chi connectivity index (χ0n) is 18.0. The first-order valence-corrected chi connectivity index (χ1v) is 15.3. The number of nitrogens with one attached hydrogen (secondary N) is 1. The van der Waals surface area contributed by atoms with E-state index in [-0.39, 0.29) is 25.7 Å². The molecular formula is C20H30F3NO4SSi. The van der Waals surface area contributed by atoms with Gasteiger partial charge in [0.25, 0.3) is 10.1 Å². The van der Waals surface area contributed by atoms with Crippen LogP contribution in [0.3, 0.4) is 0 Å². The zero-order valence-corrected chi connectivity index (χ0v) is 19.8. The molecule has 1 aliphatic heterocycles. The predicted octanol–water partition coefficient (Wildman–Crippen LogP) is 4.42. The molecule has 2 unspecified atom stereocenters. The van der Waals surface area contributed by atoms with Crippen LogP contribution in [0.25, 0.3) is 0 Å². The number of alkyl halides is 2. The Hall–Kier alpha value is -1.39. The molecule has 10 heteroatoms. The molecule has 1 aromatic carbocycles. The highest BCUT2D eigenvalue weighted by Gasteiger charge is 2.66. The third kappa shape index (κ3) is 5.08. The third-order valence-electron chi connectivity index (χ3n) is 5.80. The minimum Gasteiger partial charge on any atom is -0.353 e. The lowest BCUT2D eigenvalue weighted by Crippen LogP contribution is -2.59. The highest BCUT2D eigenvalue weighted by molar-refractivity contribution is 7.86. The van der Waals surface area contributed by atoms with Gasteiger partial charge in [-0.3, -0.25) is 8.98 Å².